The Morgan fingerprint density at radius 1 is 1.25 bits per heavy atom. The molecule has 0 saturated carbocycles. The van der Waals surface area contributed by atoms with Gasteiger partial charge in [-0.25, -0.2) is 14.4 Å². The average molecular weight is 277 g/mol. The maximum atomic E-state index is 13.8. The highest BCUT2D eigenvalue weighted by Crippen LogP contribution is 2.31. The zero-order chi connectivity index (χ0) is 15.1. The summed E-state index contributed by atoms with van der Waals surface area (Å²) in [5, 5.41) is 7.25. The van der Waals surface area contributed by atoms with E-state index >= 15 is 0 Å². The molecule has 0 aliphatic carbocycles. The Morgan fingerprint density at radius 3 is 2.45 bits per heavy atom. The van der Waals surface area contributed by atoms with Gasteiger partial charge in [0.15, 0.2) is 17.5 Å². The number of halogens is 1. The number of aryl methyl sites for hydroxylation is 2. The van der Waals surface area contributed by atoms with Crippen LogP contribution in [0.1, 0.15) is 32.2 Å². The molecule has 0 atom stereocenters. The molecule has 6 heteroatoms. The van der Waals surface area contributed by atoms with E-state index in [2.05, 4.69) is 41.2 Å². The Balaban J connectivity index is 2.66. The second kappa shape index (κ2) is 4.85. The van der Waals surface area contributed by atoms with E-state index < -0.39 is 5.82 Å². The molecule has 2 aromatic heterocycles. The highest BCUT2D eigenvalue weighted by atomic mass is 19.1. The molecule has 0 amide bonds. The molecular formula is C14H20FN5. The van der Waals surface area contributed by atoms with Crippen molar-refractivity contribution in [1.29, 1.82) is 0 Å². The van der Waals surface area contributed by atoms with Crippen LogP contribution >= 0.6 is 0 Å². The molecule has 0 aliphatic rings. The molecule has 0 saturated heterocycles. The van der Waals surface area contributed by atoms with Gasteiger partial charge in [0.25, 0.3) is 0 Å². The van der Waals surface area contributed by atoms with Crippen molar-refractivity contribution in [2.45, 2.75) is 33.1 Å². The van der Waals surface area contributed by atoms with Crippen molar-refractivity contribution < 1.29 is 4.39 Å². The molecule has 0 aromatic carbocycles. The highest BCUT2D eigenvalue weighted by molar-refractivity contribution is 5.61. The maximum Gasteiger partial charge on any atom is 0.186 e. The number of aromatic nitrogens is 4. The van der Waals surface area contributed by atoms with E-state index in [4.69, 9.17) is 0 Å². The molecule has 2 aromatic rings. The minimum Gasteiger partial charge on any atom is -0.371 e. The van der Waals surface area contributed by atoms with E-state index in [0.29, 0.717) is 11.5 Å². The second-order valence-corrected chi connectivity index (χ2v) is 5.86. The fourth-order valence-corrected chi connectivity index (χ4v) is 2.05. The lowest BCUT2D eigenvalue weighted by Crippen LogP contribution is -2.14. The topological polar surface area (TPSA) is 55.6 Å². The van der Waals surface area contributed by atoms with Crippen molar-refractivity contribution in [3.8, 4) is 11.4 Å². The fraction of sp³-hybridized carbons (Fsp3) is 0.500. The van der Waals surface area contributed by atoms with E-state index in [0.717, 1.165) is 11.3 Å². The summed E-state index contributed by atoms with van der Waals surface area (Å²) in [6, 6.07) is 0. The first kappa shape index (κ1) is 14.4. The lowest BCUT2D eigenvalue weighted by Gasteiger charge is -2.17. The third kappa shape index (κ3) is 2.50. The van der Waals surface area contributed by atoms with Crippen LogP contribution in [0.2, 0.25) is 0 Å². The van der Waals surface area contributed by atoms with Crippen LogP contribution in [0, 0.1) is 12.7 Å². The molecule has 0 bridgehead atoms. The smallest absolute Gasteiger partial charge is 0.186 e. The first-order valence-corrected chi connectivity index (χ1v) is 6.50. The predicted molar refractivity (Wildman–Crippen MR) is 77.2 cm³/mol. The summed E-state index contributed by atoms with van der Waals surface area (Å²) in [5.74, 6) is 0.278. The van der Waals surface area contributed by atoms with Gasteiger partial charge in [0.2, 0.25) is 0 Å². The highest BCUT2D eigenvalue weighted by Gasteiger charge is 2.25. The summed E-state index contributed by atoms with van der Waals surface area (Å²) in [6.07, 6.45) is 1.87. The van der Waals surface area contributed by atoms with Gasteiger partial charge < -0.3 is 5.32 Å². The lowest BCUT2D eigenvalue weighted by molar-refractivity contribution is 0.553. The van der Waals surface area contributed by atoms with Gasteiger partial charge >= 0.3 is 0 Å². The van der Waals surface area contributed by atoms with Crippen LogP contribution in [0.4, 0.5) is 10.2 Å². The Morgan fingerprint density at radius 2 is 1.90 bits per heavy atom. The zero-order valence-corrected chi connectivity index (χ0v) is 12.7. The van der Waals surface area contributed by atoms with Crippen LogP contribution in [-0.2, 0) is 12.5 Å². The maximum absolute atomic E-state index is 13.8. The number of anilines is 1. The zero-order valence-electron chi connectivity index (χ0n) is 12.7. The Labute approximate surface area is 118 Å². The van der Waals surface area contributed by atoms with Crippen LogP contribution < -0.4 is 5.32 Å². The number of hydrogen-bond acceptors (Lipinski definition) is 4. The summed E-state index contributed by atoms with van der Waals surface area (Å²) in [6.45, 7) is 7.87. The van der Waals surface area contributed by atoms with E-state index in [9.17, 15) is 4.39 Å². The first-order chi connectivity index (χ1) is 9.24. The standard InChI is InChI=1S/C14H20FN5/c1-8-10(15)13(16-5)18-12(17-8)9-7-20(6)19-11(9)14(2,3)4/h7H,1-6H3,(H,16,17,18). The van der Waals surface area contributed by atoms with Crippen molar-refractivity contribution in [1.82, 2.24) is 19.7 Å². The summed E-state index contributed by atoms with van der Waals surface area (Å²) in [5.41, 5.74) is 1.91. The molecule has 2 heterocycles. The Hall–Kier alpha value is -1.98. The molecule has 0 spiro atoms. The summed E-state index contributed by atoms with van der Waals surface area (Å²) < 4.78 is 15.6. The van der Waals surface area contributed by atoms with E-state index in [1.807, 2.05) is 13.2 Å². The van der Waals surface area contributed by atoms with Gasteiger partial charge in [0.1, 0.15) is 0 Å². The molecule has 0 fully saturated rings. The molecule has 1 N–H and O–H groups in total. The largest absolute Gasteiger partial charge is 0.371 e. The van der Waals surface area contributed by atoms with E-state index in [1.54, 1.807) is 18.7 Å². The van der Waals surface area contributed by atoms with Gasteiger partial charge in [-0.05, 0) is 6.92 Å². The predicted octanol–water partition coefficient (Wildman–Crippen LogP) is 2.66. The first-order valence-electron chi connectivity index (χ1n) is 6.50. The minimum atomic E-state index is -0.419. The van der Waals surface area contributed by atoms with Gasteiger partial charge in [0.05, 0.1) is 17.0 Å². The van der Waals surface area contributed by atoms with Crippen molar-refractivity contribution in [3.63, 3.8) is 0 Å². The number of rotatable bonds is 2. The van der Waals surface area contributed by atoms with Crippen molar-refractivity contribution in [3.05, 3.63) is 23.4 Å². The normalized spacial score (nSPS) is 11.8. The van der Waals surface area contributed by atoms with Gasteiger partial charge in [-0.2, -0.15) is 5.10 Å². The molecule has 108 valence electrons. The molecule has 0 unspecified atom stereocenters. The van der Waals surface area contributed by atoms with Crippen LogP contribution in [-0.4, -0.2) is 26.8 Å². The lowest BCUT2D eigenvalue weighted by atomic mass is 9.89. The van der Waals surface area contributed by atoms with Gasteiger partial charge in [-0.3, -0.25) is 4.68 Å². The minimum absolute atomic E-state index is 0.137. The summed E-state index contributed by atoms with van der Waals surface area (Å²) in [4.78, 5) is 8.52. The molecule has 5 nitrogen and oxygen atoms in total. The molecule has 0 radical (unpaired) electrons. The Kier molecular flexibility index (Phi) is 3.50. The van der Waals surface area contributed by atoms with E-state index in [1.165, 1.54) is 0 Å². The third-order valence-corrected chi connectivity index (χ3v) is 3.03. The molecular weight excluding hydrogens is 257 g/mol. The van der Waals surface area contributed by atoms with Gasteiger partial charge in [-0.1, -0.05) is 20.8 Å². The number of nitrogens with zero attached hydrogens (tertiary/aromatic N) is 4. The van der Waals surface area contributed by atoms with Gasteiger partial charge in [-0.15, -0.1) is 0 Å². The van der Waals surface area contributed by atoms with Crippen molar-refractivity contribution in [2.24, 2.45) is 7.05 Å². The Bertz CT molecular complexity index is 640. The van der Waals surface area contributed by atoms with E-state index in [-0.39, 0.29) is 11.2 Å². The van der Waals surface area contributed by atoms with Gasteiger partial charge in [0, 0.05) is 25.7 Å². The molecule has 20 heavy (non-hydrogen) atoms. The van der Waals surface area contributed by atoms with Crippen LogP contribution in [0.25, 0.3) is 11.4 Å². The van der Waals surface area contributed by atoms with Crippen molar-refractivity contribution in [2.75, 3.05) is 12.4 Å². The van der Waals surface area contributed by atoms with Crippen molar-refractivity contribution >= 4 is 5.82 Å². The second-order valence-electron chi connectivity index (χ2n) is 5.86. The quantitative estimate of drug-likeness (QED) is 0.917. The number of nitrogens with one attached hydrogen (secondary N) is 1. The fourth-order valence-electron chi connectivity index (χ4n) is 2.05. The molecule has 0 aliphatic heterocycles. The SMILES string of the molecule is CNc1nc(-c2cn(C)nc2C(C)(C)C)nc(C)c1F. The average Bonchev–Trinajstić information content (AvgIpc) is 2.74. The van der Waals surface area contributed by atoms with Crippen LogP contribution in [0.5, 0.6) is 0 Å². The van der Waals surface area contributed by atoms with Crippen LogP contribution in [0.15, 0.2) is 6.20 Å². The monoisotopic (exact) mass is 277 g/mol. The molecule has 2 rings (SSSR count). The summed E-state index contributed by atoms with van der Waals surface area (Å²) in [7, 11) is 3.50. The summed E-state index contributed by atoms with van der Waals surface area (Å²) >= 11 is 0. The van der Waals surface area contributed by atoms with Crippen LogP contribution in [0.3, 0.4) is 0 Å². The third-order valence-electron chi connectivity index (χ3n) is 3.03. The number of hydrogen-bond donors (Lipinski definition) is 1.